The van der Waals surface area contributed by atoms with Gasteiger partial charge < -0.3 is 16.0 Å². The molecule has 2 rings (SSSR count). The lowest BCUT2D eigenvalue weighted by Gasteiger charge is -2.28. The molecular weight excluding hydrogens is 314 g/mol. The van der Waals surface area contributed by atoms with Crippen LogP contribution in [-0.4, -0.2) is 30.4 Å². The van der Waals surface area contributed by atoms with Gasteiger partial charge in [-0.2, -0.15) is 0 Å². The molecule has 6 heteroatoms. The Bertz CT molecular complexity index is 589. The summed E-state index contributed by atoms with van der Waals surface area (Å²) in [5.74, 6) is -0.417. The molecule has 0 aromatic heterocycles. The molecule has 2 amide bonds. The number of hydrogen-bond donors (Lipinski definition) is 3. The molecule has 2 atom stereocenters. The molecule has 0 spiro atoms. The zero-order chi connectivity index (χ0) is 17.0. The molecule has 1 aromatic rings. The van der Waals surface area contributed by atoms with Crippen LogP contribution in [0.3, 0.4) is 0 Å². The quantitative estimate of drug-likeness (QED) is 0.791. The fourth-order valence-corrected chi connectivity index (χ4v) is 2.79. The third kappa shape index (κ3) is 4.94. The van der Waals surface area contributed by atoms with Gasteiger partial charge in [-0.05, 0) is 44.5 Å². The summed E-state index contributed by atoms with van der Waals surface area (Å²) < 4.78 is 0. The fraction of sp³-hybridized carbons (Fsp3) is 0.529. The molecule has 1 aliphatic heterocycles. The number of rotatable bonds is 4. The molecule has 0 radical (unpaired) electrons. The number of piperidine rings is 1. The van der Waals surface area contributed by atoms with Crippen LogP contribution >= 0.6 is 11.6 Å². The minimum absolute atomic E-state index is 0.0918. The molecule has 1 fully saturated rings. The van der Waals surface area contributed by atoms with E-state index in [0.717, 1.165) is 19.4 Å². The summed E-state index contributed by atoms with van der Waals surface area (Å²) in [5.41, 5.74) is 0.969. The molecule has 1 saturated heterocycles. The van der Waals surface area contributed by atoms with Crippen molar-refractivity contribution in [3.05, 3.63) is 28.8 Å². The Hall–Kier alpha value is -1.59. The molecular formula is C17H24ClN3O2. The predicted octanol–water partition coefficient (Wildman–Crippen LogP) is 2.80. The number of benzene rings is 1. The van der Waals surface area contributed by atoms with E-state index < -0.39 is 0 Å². The molecule has 5 nitrogen and oxygen atoms in total. The molecule has 3 N–H and O–H groups in total. The lowest BCUT2D eigenvalue weighted by molar-refractivity contribution is -0.118. The number of nitrogens with one attached hydrogen (secondary N) is 3. The summed E-state index contributed by atoms with van der Waals surface area (Å²) in [6.07, 6.45) is 1.80. The summed E-state index contributed by atoms with van der Waals surface area (Å²) in [4.78, 5) is 24.3. The van der Waals surface area contributed by atoms with E-state index in [4.69, 9.17) is 11.6 Å². The van der Waals surface area contributed by atoms with Gasteiger partial charge >= 0.3 is 0 Å². The summed E-state index contributed by atoms with van der Waals surface area (Å²) in [7, 11) is 0. The van der Waals surface area contributed by atoms with E-state index in [1.807, 2.05) is 13.8 Å². The molecule has 1 aliphatic rings. The summed E-state index contributed by atoms with van der Waals surface area (Å²) in [6, 6.07) is 5.50. The largest absolute Gasteiger partial charge is 0.349 e. The monoisotopic (exact) mass is 337 g/mol. The van der Waals surface area contributed by atoms with Crippen LogP contribution in [0.1, 0.15) is 44.0 Å². The third-order valence-electron chi connectivity index (χ3n) is 3.96. The maximum absolute atomic E-state index is 12.5. The van der Waals surface area contributed by atoms with Gasteiger partial charge in [0, 0.05) is 23.7 Å². The second kappa shape index (κ2) is 7.79. The van der Waals surface area contributed by atoms with Crippen LogP contribution in [0.15, 0.2) is 18.2 Å². The number of hydrogen-bond acceptors (Lipinski definition) is 3. The first-order valence-corrected chi connectivity index (χ1v) is 8.39. The van der Waals surface area contributed by atoms with Crippen molar-refractivity contribution in [2.45, 2.75) is 45.7 Å². The number of amides is 2. The maximum atomic E-state index is 12.5. The highest BCUT2D eigenvalue weighted by Crippen LogP contribution is 2.22. The van der Waals surface area contributed by atoms with E-state index in [2.05, 4.69) is 22.9 Å². The average molecular weight is 338 g/mol. The molecule has 1 heterocycles. The highest BCUT2D eigenvalue weighted by Gasteiger charge is 2.21. The van der Waals surface area contributed by atoms with Gasteiger partial charge in [-0.25, -0.2) is 0 Å². The van der Waals surface area contributed by atoms with Crippen LogP contribution < -0.4 is 16.0 Å². The van der Waals surface area contributed by atoms with E-state index in [9.17, 15) is 9.59 Å². The topological polar surface area (TPSA) is 70.2 Å². The Morgan fingerprint density at radius 2 is 2.09 bits per heavy atom. The van der Waals surface area contributed by atoms with Crippen LogP contribution in [-0.2, 0) is 4.79 Å². The van der Waals surface area contributed by atoms with E-state index in [1.54, 1.807) is 18.2 Å². The smallest absolute Gasteiger partial charge is 0.253 e. The number of anilines is 1. The Morgan fingerprint density at radius 3 is 2.74 bits per heavy atom. The van der Waals surface area contributed by atoms with Crippen molar-refractivity contribution in [3.63, 3.8) is 0 Å². The molecule has 0 saturated carbocycles. The summed E-state index contributed by atoms with van der Waals surface area (Å²) >= 11 is 6.15. The average Bonchev–Trinajstić information content (AvgIpc) is 2.49. The van der Waals surface area contributed by atoms with Crippen molar-refractivity contribution in [3.8, 4) is 0 Å². The minimum atomic E-state index is -0.199. The highest BCUT2D eigenvalue weighted by molar-refractivity contribution is 6.34. The zero-order valence-electron chi connectivity index (χ0n) is 13.8. The van der Waals surface area contributed by atoms with Crippen molar-refractivity contribution in [1.82, 2.24) is 10.6 Å². The van der Waals surface area contributed by atoms with Crippen molar-refractivity contribution in [2.24, 2.45) is 5.92 Å². The molecule has 0 bridgehead atoms. The predicted molar refractivity (Wildman–Crippen MR) is 92.9 cm³/mol. The molecule has 23 heavy (non-hydrogen) atoms. The van der Waals surface area contributed by atoms with Gasteiger partial charge in [-0.3, -0.25) is 9.59 Å². The lowest BCUT2D eigenvalue weighted by Crippen LogP contribution is -2.46. The lowest BCUT2D eigenvalue weighted by atomic mass is 10.00. The second-order valence-electron chi connectivity index (χ2n) is 6.39. The third-order valence-corrected chi connectivity index (χ3v) is 4.29. The van der Waals surface area contributed by atoms with E-state index in [-0.39, 0.29) is 23.8 Å². The second-order valence-corrected chi connectivity index (χ2v) is 6.80. The molecule has 0 aliphatic carbocycles. The van der Waals surface area contributed by atoms with Gasteiger partial charge in [-0.1, -0.05) is 25.4 Å². The SMILES string of the molecule is CC1CC(NC(=O)c2cc(NC(=O)C(C)C)ccc2Cl)CCN1. The minimum Gasteiger partial charge on any atom is -0.349 e. The number of halogens is 1. The van der Waals surface area contributed by atoms with Crippen molar-refractivity contribution in [2.75, 3.05) is 11.9 Å². The van der Waals surface area contributed by atoms with Crippen molar-refractivity contribution < 1.29 is 9.59 Å². The van der Waals surface area contributed by atoms with Gasteiger partial charge in [0.1, 0.15) is 0 Å². The Balaban J connectivity index is 2.08. The van der Waals surface area contributed by atoms with E-state index in [0.29, 0.717) is 22.3 Å². The van der Waals surface area contributed by atoms with Gasteiger partial charge in [0.25, 0.3) is 5.91 Å². The molecule has 126 valence electrons. The maximum Gasteiger partial charge on any atom is 0.253 e. The van der Waals surface area contributed by atoms with Crippen LogP contribution in [0.5, 0.6) is 0 Å². The Kier molecular flexibility index (Phi) is 6.02. The van der Waals surface area contributed by atoms with E-state index >= 15 is 0 Å². The first kappa shape index (κ1) is 17.8. The standard InChI is InChI=1S/C17H24ClN3O2/c1-10(2)16(22)20-12-4-5-15(18)14(9-12)17(23)21-13-6-7-19-11(3)8-13/h4-5,9-11,13,19H,6-8H2,1-3H3,(H,20,22)(H,21,23). The molecule has 1 aromatic carbocycles. The first-order chi connectivity index (χ1) is 10.9. The van der Waals surface area contributed by atoms with E-state index in [1.165, 1.54) is 0 Å². The van der Waals surface area contributed by atoms with Crippen LogP contribution in [0.4, 0.5) is 5.69 Å². The van der Waals surface area contributed by atoms with Crippen LogP contribution in [0.2, 0.25) is 5.02 Å². The fourth-order valence-electron chi connectivity index (χ4n) is 2.59. The normalized spacial score (nSPS) is 21.1. The van der Waals surface area contributed by atoms with Crippen LogP contribution in [0, 0.1) is 5.92 Å². The highest BCUT2D eigenvalue weighted by atomic mass is 35.5. The summed E-state index contributed by atoms with van der Waals surface area (Å²) in [5, 5.41) is 9.55. The van der Waals surface area contributed by atoms with Gasteiger partial charge in [-0.15, -0.1) is 0 Å². The number of carbonyl (C=O) groups is 2. The Labute approximate surface area is 142 Å². The molecule has 2 unspecified atom stereocenters. The van der Waals surface area contributed by atoms with Crippen molar-refractivity contribution >= 4 is 29.1 Å². The first-order valence-electron chi connectivity index (χ1n) is 8.01. The van der Waals surface area contributed by atoms with Crippen LogP contribution in [0.25, 0.3) is 0 Å². The summed E-state index contributed by atoms with van der Waals surface area (Å²) in [6.45, 7) is 6.63. The van der Waals surface area contributed by atoms with Gasteiger partial charge in [0.2, 0.25) is 5.91 Å². The zero-order valence-corrected chi connectivity index (χ0v) is 14.5. The Morgan fingerprint density at radius 1 is 1.35 bits per heavy atom. The number of carbonyl (C=O) groups excluding carboxylic acids is 2. The van der Waals surface area contributed by atoms with Gasteiger partial charge in [0.15, 0.2) is 0 Å². The van der Waals surface area contributed by atoms with Crippen molar-refractivity contribution in [1.29, 1.82) is 0 Å². The van der Waals surface area contributed by atoms with Gasteiger partial charge in [0.05, 0.1) is 10.6 Å².